The van der Waals surface area contributed by atoms with Gasteiger partial charge in [0.25, 0.3) is 5.69 Å². The van der Waals surface area contributed by atoms with Crippen LogP contribution in [0.25, 0.3) is 0 Å². The fraction of sp³-hybridized carbons (Fsp3) is 0.316. The van der Waals surface area contributed by atoms with Crippen molar-refractivity contribution in [1.29, 1.82) is 0 Å². The Kier molecular flexibility index (Phi) is 7.33. The maximum Gasteiger partial charge on any atom is 0.387 e. The number of sulfonamides is 1. The lowest BCUT2D eigenvalue weighted by Gasteiger charge is -2.26. The number of anilines is 1. The molecule has 0 aromatic heterocycles. The molecule has 10 nitrogen and oxygen atoms in total. The number of nitrogens with zero attached hydrogens (tertiary/aromatic N) is 3. The van der Waals surface area contributed by atoms with Crippen LogP contribution in [0.3, 0.4) is 0 Å². The van der Waals surface area contributed by atoms with Gasteiger partial charge in [-0.1, -0.05) is 12.1 Å². The Bertz CT molecular complexity index is 1120. The lowest BCUT2D eigenvalue weighted by Crippen LogP contribution is -2.40. The van der Waals surface area contributed by atoms with E-state index in [0.717, 1.165) is 6.07 Å². The van der Waals surface area contributed by atoms with E-state index < -0.39 is 27.2 Å². The van der Waals surface area contributed by atoms with Crippen LogP contribution in [-0.2, 0) is 14.8 Å². The molecular weight excluding hydrogens is 450 g/mol. The maximum absolute atomic E-state index is 12.8. The molecule has 0 bridgehead atoms. The van der Waals surface area contributed by atoms with E-state index in [0.29, 0.717) is 0 Å². The molecule has 0 aliphatic carbocycles. The summed E-state index contributed by atoms with van der Waals surface area (Å²) in [7, 11) is -3.93. The van der Waals surface area contributed by atoms with E-state index in [2.05, 4.69) is 15.3 Å². The molecule has 1 N–H and O–H groups in total. The van der Waals surface area contributed by atoms with Crippen molar-refractivity contribution in [2.45, 2.75) is 18.4 Å². The monoisotopic (exact) mass is 470 g/mol. The zero-order chi connectivity index (χ0) is 23.3. The Labute approximate surface area is 182 Å². The van der Waals surface area contributed by atoms with E-state index in [1.54, 1.807) is 6.07 Å². The molecule has 1 heterocycles. The van der Waals surface area contributed by atoms with Crippen LogP contribution in [0, 0.1) is 10.1 Å². The summed E-state index contributed by atoms with van der Waals surface area (Å²) in [6.45, 7) is -0.736. The second-order valence-corrected chi connectivity index (χ2v) is 8.57. The largest absolute Gasteiger partial charge is 0.434 e. The molecule has 0 atom stereocenters. The van der Waals surface area contributed by atoms with Gasteiger partial charge in [-0.25, -0.2) is 8.42 Å². The molecule has 0 saturated carbocycles. The molecule has 3 rings (SSSR count). The van der Waals surface area contributed by atoms with Gasteiger partial charge in [0, 0.05) is 24.7 Å². The smallest absolute Gasteiger partial charge is 0.387 e. The lowest BCUT2D eigenvalue weighted by molar-refractivity contribution is -0.384. The van der Waals surface area contributed by atoms with Gasteiger partial charge < -0.3 is 9.47 Å². The van der Waals surface area contributed by atoms with Crippen molar-refractivity contribution in [2.75, 3.05) is 31.7 Å². The SMILES string of the molecule is C/C(=N/Nc1ccc(S(=O)(=O)N2CCOCC2)cc1[N+](=O)[O-])c1ccccc1OC(F)F. The Hall–Kier alpha value is -3.16. The number of hydrogen-bond acceptors (Lipinski definition) is 8. The number of halogens is 2. The molecule has 2 aromatic rings. The fourth-order valence-electron chi connectivity index (χ4n) is 3.02. The predicted molar refractivity (Wildman–Crippen MR) is 112 cm³/mol. The van der Waals surface area contributed by atoms with Crippen LogP contribution in [0.1, 0.15) is 12.5 Å². The lowest BCUT2D eigenvalue weighted by atomic mass is 10.1. The van der Waals surface area contributed by atoms with Gasteiger partial charge in [-0.3, -0.25) is 15.5 Å². The van der Waals surface area contributed by atoms with Crippen molar-refractivity contribution in [3.63, 3.8) is 0 Å². The Morgan fingerprint density at radius 2 is 1.94 bits per heavy atom. The number of alkyl halides is 2. The minimum atomic E-state index is -3.93. The third kappa shape index (κ3) is 5.36. The van der Waals surface area contributed by atoms with E-state index in [1.807, 2.05) is 0 Å². The van der Waals surface area contributed by atoms with Crippen LogP contribution in [0.15, 0.2) is 52.5 Å². The van der Waals surface area contributed by atoms with Crippen molar-refractivity contribution in [3.8, 4) is 5.75 Å². The molecule has 0 amide bonds. The van der Waals surface area contributed by atoms with Gasteiger partial charge in [-0.2, -0.15) is 18.2 Å². The molecule has 1 fully saturated rings. The number of hydrazone groups is 1. The van der Waals surface area contributed by atoms with Crippen LogP contribution < -0.4 is 10.2 Å². The number of nitrogens with one attached hydrogen (secondary N) is 1. The molecule has 32 heavy (non-hydrogen) atoms. The van der Waals surface area contributed by atoms with E-state index >= 15 is 0 Å². The molecule has 0 unspecified atom stereocenters. The van der Waals surface area contributed by atoms with E-state index in [-0.39, 0.29) is 53.9 Å². The summed E-state index contributed by atoms with van der Waals surface area (Å²) in [6.07, 6.45) is 0. The second-order valence-electron chi connectivity index (χ2n) is 6.64. The molecule has 172 valence electrons. The number of nitro benzene ring substituents is 1. The van der Waals surface area contributed by atoms with E-state index in [9.17, 15) is 27.3 Å². The highest BCUT2D eigenvalue weighted by Crippen LogP contribution is 2.30. The van der Waals surface area contributed by atoms with Crippen LogP contribution in [-0.4, -0.2) is 56.3 Å². The summed E-state index contributed by atoms with van der Waals surface area (Å²) in [6, 6.07) is 9.37. The van der Waals surface area contributed by atoms with Crippen molar-refractivity contribution in [1.82, 2.24) is 4.31 Å². The molecule has 2 aromatic carbocycles. The van der Waals surface area contributed by atoms with Gasteiger partial charge in [0.15, 0.2) is 0 Å². The fourth-order valence-corrected chi connectivity index (χ4v) is 4.45. The Morgan fingerprint density at radius 3 is 2.59 bits per heavy atom. The van der Waals surface area contributed by atoms with Gasteiger partial charge in [0.1, 0.15) is 11.4 Å². The molecule has 1 aliphatic heterocycles. The quantitative estimate of drug-likeness (QED) is 0.357. The predicted octanol–water partition coefficient (Wildman–Crippen LogP) is 3.05. The van der Waals surface area contributed by atoms with Gasteiger partial charge in [0.2, 0.25) is 10.0 Å². The Balaban J connectivity index is 1.88. The van der Waals surface area contributed by atoms with Crippen molar-refractivity contribution < 1.29 is 31.6 Å². The van der Waals surface area contributed by atoms with Crippen LogP contribution in [0.4, 0.5) is 20.2 Å². The van der Waals surface area contributed by atoms with Gasteiger partial charge in [-0.15, -0.1) is 0 Å². The first-order chi connectivity index (χ1) is 15.2. The number of benzene rings is 2. The molecule has 1 saturated heterocycles. The minimum Gasteiger partial charge on any atom is -0.434 e. The van der Waals surface area contributed by atoms with Gasteiger partial charge >= 0.3 is 6.61 Å². The summed E-state index contributed by atoms with van der Waals surface area (Å²) >= 11 is 0. The van der Waals surface area contributed by atoms with E-state index in [4.69, 9.17) is 4.74 Å². The summed E-state index contributed by atoms with van der Waals surface area (Å²) in [5, 5.41) is 15.6. The topological polar surface area (TPSA) is 123 Å². The Morgan fingerprint density at radius 1 is 1.25 bits per heavy atom. The number of para-hydroxylation sites is 1. The first-order valence-corrected chi connectivity index (χ1v) is 10.8. The van der Waals surface area contributed by atoms with Crippen molar-refractivity contribution in [3.05, 3.63) is 58.1 Å². The van der Waals surface area contributed by atoms with Gasteiger partial charge in [-0.05, 0) is 31.2 Å². The van der Waals surface area contributed by atoms with Crippen LogP contribution in [0.2, 0.25) is 0 Å². The van der Waals surface area contributed by atoms with Crippen LogP contribution in [0.5, 0.6) is 5.75 Å². The average Bonchev–Trinajstić information content (AvgIpc) is 2.77. The summed E-state index contributed by atoms with van der Waals surface area (Å²) in [5.74, 6) is -0.105. The number of morpholine rings is 1. The molecule has 0 spiro atoms. The first kappa shape index (κ1) is 23.5. The highest BCUT2D eigenvalue weighted by atomic mass is 32.2. The number of ether oxygens (including phenoxy) is 2. The average molecular weight is 470 g/mol. The van der Waals surface area contributed by atoms with Gasteiger partial charge in [0.05, 0.1) is 28.7 Å². The van der Waals surface area contributed by atoms with Crippen molar-refractivity contribution in [2.24, 2.45) is 5.10 Å². The zero-order valence-corrected chi connectivity index (χ0v) is 17.7. The zero-order valence-electron chi connectivity index (χ0n) is 16.9. The standard InChI is InChI=1S/C19H20F2N4O6S/c1-13(15-4-2-3-5-18(15)31-19(20)21)22-23-16-7-6-14(12-17(16)25(26)27)32(28,29)24-8-10-30-11-9-24/h2-7,12,19,23H,8-11H2,1H3/b22-13-. The highest BCUT2D eigenvalue weighted by Gasteiger charge is 2.29. The maximum atomic E-state index is 12.8. The first-order valence-electron chi connectivity index (χ1n) is 9.41. The minimum absolute atomic E-state index is 0.0671. The summed E-state index contributed by atoms with van der Waals surface area (Å²) < 4.78 is 61.6. The number of rotatable bonds is 8. The normalized spacial score (nSPS) is 15.6. The second kappa shape index (κ2) is 9.97. The third-order valence-electron chi connectivity index (χ3n) is 4.61. The summed E-state index contributed by atoms with van der Waals surface area (Å²) in [5.41, 5.74) is 2.41. The van der Waals surface area contributed by atoms with Crippen LogP contribution >= 0.6 is 0 Å². The molecule has 1 aliphatic rings. The molecular formula is C19H20F2N4O6S. The van der Waals surface area contributed by atoms with Crippen molar-refractivity contribution >= 4 is 27.1 Å². The molecule has 0 radical (unpaired) electrons. The highest BCUT2D eigenvalue weighted by molar-refractivity contribution is 7.89. The molecule has 13 heteroatoms. The number of hydrogen-bond donors (Lipinski definition) is 1. The third-order valence-corrected chi connectivity index (χ3v) is 6.51. The number of nitro groups is 1. The summed E-state index contributed by atoms with van der Waals surface area (Å²) in [4.78, 5) is 10.6. The van der Waals surface area contributed by atoms with E-state index in [1.165, 1.54) is 41.6 Å².